The van der Waals surface area contributed by atoms with E-state index in [9.17, 15) is 9.90 Å². The molecule has 2 spiro atoms. The third-order valence-corrected chi connectivity index (χ3v) is 13.4. The molecule has 10 nitrogen and oxygen atoms in total. The van der Waals surface area contributed by atoms with Crippen LogP contribution in [0.4, 0.5) is 4.79 Å². The van der Waals surface area contributed by atoms with E-state index in [-0.39, 0.29) is 47.5 Å². The molecule has 1 saturated heterocycles. The largest absolute Gasteiger partial charge is 0.514 e. The molecule has 0 amide bonds. The molecule has 2 heterocycles. The average molecular weight is 688 g/mol. The van der Waals surface area contributed by atoms with Gasteiger partial charge in [0, 0.05) is 43.2 Å². The van der Waals surface area contributed by atoms with Crippen molar-refractivity contribution in [3.05, 3.63) is 23.3 Å². The monoisotopic (exact) mass is 687 g/mol. The highest BCUT2D eigenvalue weighted by atomic mass is 16.7. The fraction of sp³-hybridized carbons (Fsp3) is 0.821. The molecular weight excluding hydrogens is 626 g/mol. The van der Waals surface area contributed by atoms with Crippen LogP contribution in [0, 0.1) is 29.6 Å². The zero-order valence-electron chi connectivity index (χ0n) is 31.2. The number of hydrogen-bond donors (Lipinski definition) is 1. The van der Waals surface area contributed by atoms with Gasteiger partial charge in [0.1, 0.15) is 18.3 Å². The first kappa shape index (κ1) is 36.8. The van der Waals surface area contributed by atoms with Crippen molar-refractivity contribution in [2.75, 3.05) is 66.4 Å². The summed E-state index contributed by atoms with van der Waals surface area (Å²) in [6.07, 6.45) is 5.07. The molecule has 0 aromatic heterocycles. The standard InChI is InChI=1S/C39H61NO9/c1-9-44-18-19-45-20-21-46-22-23-47-34(41)48-29-13-10-26(2)31-32(29)49-33-38(31)16-17-40(25-28-11-12-28)27(3)37(38)14-15-39(33,43-8)30(24-37)36(7,42)35(4,5)6/h10,13,27-28,30,33,42H,9,11-12,14-25H2,1-8H3. The molecule has 1 aromatic carbocycles. The van der Waals surface area contributed by atoms with Crippen molar-refractivity contribution in [3.63, 3.8) is 0 Å². The number of piperidine rings is 1. The maximum atomic E-state index is 13.0. The Hall–Kier alpha value is -1.95. The van der Waals surface area contributed by atoms with E-state index in [1.54, 1.807) is 7.11 Å². The van der Waals surface area contributed by atoms with Crippen LogP contribution in [0.25, 0.3) is 0 Å². The van der Waals surface area contributed by atoms with Gasteiger partial charge in [-0.2, -0.15) is 0 Å². The third kappa shape index (κ3) is 6.10. The zero-order valence-corrected chi connectivity index (χ0v) is 31.2. The van der Waals surface area contributed by atoms with E-state index >= 15 is 0 Å². The van der Waals surface area contributed by atoms with Crippen LogP contribution in [0.2, 0.25) is 0 Å². The number of ether oxygens (including phenoxy) is 7. The van der Waals surface area contributed by atoms with Crippen LogP contribution in [-0.2, 0) is 29.1 Å². The lowest BCUT2D eigenvalue weighted by atomic mass is 9.35. The first-order valence-electron chi connectivity index (χ1n) is 18.7. The number of benzene rings is 1. The third-order valence-electron chi connectivity index (χ3n) is 13.4. The van der Waals surface area contributed by atoms with Crippen LogP contribution >= 0.6 is 0 Å². The van der Waals surface area contributed by atoms with Crippen molar-refractivity contribution in [1.82, 2.24) is 4.90 Å². The van der Waals surface area contributed by atoms with Gasteiger partial charge in [-0.1, -0.05) is 26.8 Å². The number of aliphatic hydroxyl groups is 1. The quantitative estimate of drug-likeness (QED) is 0.133. The van der Waals surface area contributed by atoms with Crippen LogP contribution in [0.3, 0.4) is 0 Å². The molecule has 276 valence electrons. The van der Waals surface area contributed by atoms with Gasteiger partial charge < -0.3 is 38.3 Å². The van der Waals surface area contributed by atoms with Crippen LogP contribution in [0.15, 0.2) is 12.1 Å². The summed E-state index contributed by atoms with van der Waals surface area (Å²) >= 11 is 0. The molecular formula is C39H61NO9. The minimum absolute atomic E-state index is 0.0626. The Balaban J connectivity index is 1.27. The highest BCUT2D eigenvalue weighted by Crippen LogP contribution is 2.76. The van der Waals surface area contributed by atoms with Crippen molar-refractivity contribution in [3.8, 4) is 11.5 Å². The molecule has 6 aliphatic rings. The molecule has 7 atom stereocenters. The lowest BCUT2D eigenvalue weighted by Crippen LogP contribution is -2.81. The van der Waals surface area contributed by atoms with Gasteiger partial charge >= 0.3 is 6.16 Å². The smallest absolute Gasteiger partial charge is 0.482 e. The first-order chi connectivity index (χ1) is 23.3. The minimum atomic E-state index is -1.02. The molecule has 1 N–H and O–H groups in total. The summed E-state index contributed by atoms with van der Waals surface area (Å²) in [5.41, 5.74) is -0.361. The van der Waals surface area contributed by atoms with Gasteiger partial charge in [0.05, 0.1) is 38.6 Å². The first-order valence-corrected chi connectivity index (χ1v) is 18.7. The second-order valence-electron chi connectivity index (χ2n) is 16.5. The van der Waals surface area contributed by atoms with Crippen molar-refractivity contribution < 1.29 is 43.1 Å². The molecule has 1 aromatic rings. The summed E-state index contributed by atoms with van der Waals surface area (Å²) in [5, 5.41) is 12.5. The summed E-state index contributed by atoms with van der Waals surface area (Å²) in [6.45, 7) is 19.9. The predicted octanol–water partition coefficient (Wildman–Crippen LogP) is 6.07. The molecule has 7 unspecified atom stereocenters. The number of likely N-dealkylation sites (tertiary alicyclic amines) is 1. The van der Waals surface area contributed by atoms with E-state index in [1.807, 2.05) is 19.9 Å². The highest BCUT2D eigenvalue weighted by Gasteiger charge is 2.81. The Morgan fingerprint density at radius 2 is 1.67 bits per heavy atom. The van der Waals surface area contributed by atoms with Crippen molar-refractivity contribution >= 4 is 6.16 Å². The van der Waals surface area contributed by atoms with Gasteiger partial charge in [-0.25, -0.2) is 4.79 Å². The molecule has 0 radical (unpaired) electrons. The van der Waals surface area contributed by atoms with Crippen LogP contribution in [-0.4, -0.2) is 106 Å². The van der Waals surface area contributed by atoms with Crippen LogP contribution in [0.5, 0.6) is 11.5 Å². The topological polar surface area (TPSA) is 105 Å². The molecule has 4 saturated carbocycles. The number of carbonyl (C=O) groups excluding carboxylic acids is 1. The number of methoxy groups -OCH3 is 1. The molecule has 49 heavy (non-hydrogen) atoms. The fourth-order valence-electron chi connectivity index (χ4n) is 10.2. The Morgan fingerprint density at radius 1 is 1.00 bits per heavy atom. The minimum Gasteiger partial charge on any atom is -0.482 e. The Morgan fingerprint density at radius 3 is 2.31 bits per heavy atom. The van der Waals surface area contributed by atoms with Crippen molar-refractivity contribution in [2.24, 2.45) is 22.7 Å². The van der Waals surface area contributed by atoms with E-state index in [4.69, 9.17) is 33.2 Å². The van der Waals surface area contributed by atoms with E-state index < -0.39 is 17.4 Å². The van der Waals surface area contributed by atoms with E-state index in [1.165, 1.54) is 12.8 Å². The maximum absolute atomic E-state index is 13.0. The summed E-state index contributed by atoms with van der Waals surface area (Å²) in [5.74, 6) is 1.62. The average Bonchev–Trinajstić information content (AvgIpc) is 3.81. The highest BCUT2D eigenvalue weighted by molar-refractivity contribution is 5.69. The number of rotatable bonds is 15. The number of nitrogens with zero attached hydrogens (tertiary/aromatic N) is 1. The SMILES string of the molecule is CCOCCOCCOCCOC(=O)Oc1ccc(C)c2c1OC1C3(OC)CCC4(CC3C(C)(O)C(C)(C)C)C(C)N(CC3CC3)CCC214. The van der Waals surface area contributed by atoms with Crippen LogP contribution < -0.4 is 9.47 Å². The van der Waals surface area contributed by atoms with Gasteiger partial charge in [-0.15, -0.1) is 0 Å². The molecule has 5 fully saturated rings. The van der Waals surface area contributed by atoms with E-state index in [2.05, 4.69) is 45.6 Å². The summed E-state index contributed by atoms with van der Waals surface area (Å²) in [7, 11) is 1.80. The number of carbonyl (C=O) groups is 1. The lowest BCUT2D eigenvalue weighted by Gasteiger charge is -2.74. The molecule has 7 rings (SSSR count). The van der Waals surface area contributed by atoms with Gasteiger partial charge in [-0.3, -0.25) is 4.90 Å². The number of fused-ring (bicyclic) bond motifs is 3. The summed E-state index contributed by atoms with van der Waals surface area (Å²) < 4.78 is 41.5. The summed E-state index contributed by atoms with van der Waals surface area (Å²) in [6, 6.07) is 4.16. The van der Waals surface area contributed by atoms with E-state index in [0.717, 1.165) is 55.8 Å². The van der Waals surface area contributed by atoms with Gasteiger partial charge in [-0.05, 0) is 101 Å². The van der Waals surface area contributed by atoms with Crippen LogP contribution in [0.1, 0.15) is 91.2 Å². The Labute approximate surface area is 293 Å². The van der Waals surface area contributed by atoms with Gasteiger partial charge in [0.25, 0.3) is 0 Å². The molecule has 2 bridgehead atoms. The second kappa shape index (κ2) is 13.9. The number of aryl methyl sites for hydroxylation is 1. The second-order valence-corrected chi connectivity index (χ2v) is 16.5. The number of hydrogen-bond acceptors (Lipinski definition) is 10. The van der Waals surface area contributed by atoms with Crippen molar-refractivity contribution in [2.45, 2.75) is 116 Å². The van der Waals surface area contributed by atoms with Crippen molar-refractivity contribution in [1.29, 1.82) is 0 Å². The zero-order chi connectivity index (χ0) is 35.2. The summed E-state index contributed by atoms with van der Waals surface area (Å²) in [4.78, 5) is 15.8. The molecule has 4 aliphatic carbocycles. The lowest BCUT2D eigenvalue weighted by molar-refractivity contribution is -0.309. The molecule has 10 heteroatoms. The normalized spacial score (nSPS) is 33.3. The fourth-order valence-corrected chi connectivity index (χ4v) is 10.2. The Kier molecular flexibility index (Phi) is 10.4. The Bertz CT molecular complexity index is 1340. The molecule has 2 aliphatic heterocycles. The van der Waals surface area contributed by atoms with Gasteiger partial charge in [0.2, 0.25) is 0 Å². The maximum Gasteiger partial charge on any atom is 0.514 e. The van der Waals surface area contributed by atoms with Gasteiger partial charge in [0.15, 0.2) is 11.5 Å². The predicted molar refractivity (Wildman–Crippen MR) is 185 cm³/mol. The van der Waals surface area contributed by atoms with E-state index in [0.29, 0.717) is 44.5 Å².